The van der Waals surface area contributed by atoms with Crippen molar-refractivity contribution in [1.82, 2.24) is 0 Å². The van der Waals surface area contributed by atoms with E-state index in [2.05, 4.69) is 19.7 Å². The van der Waals surface area contributed by atoms with E-state index in [4.69, 9.17) is 0 Å². The summed E-state index contributed by atoms with van der Waals surface area (Å²) < 4.78 is 11.4. The standard InChI is InChI=1S/C10H18OS/c1-8(2)9-4-10(5-9)6-12(3,11)7-10/h8-9H,3-7H2,1-2H3. The van der Waals surface area contributed by atoms with Crippen LogP contribution < -0.4 is 0 Å². The summed E-state index contributed by atoms with van der Waals surface area (Å²) in [5, 5.41) is 0. The molecule has 2 fully saturated rings. The molecule has 70 valence electrons. The molecule has 1 heterocycles. The van der Waals surface area contributed by atoms with Gasteiger partial charge in [-0.05, 0) is 45.5 Å². The predicted octanol–water partition coefficient (Wildman–Crippen LogP) is 1.77. The first kappa shape index (κ1) is 8.61. The Balaban J connectivity index is 1.91. The van der Waals surface area contributed by atoms with Crippen molar-refractivity contribution in [2.24, 2.45) is 17.3 Å². The topological polar surface area (TPSA) is 17.1 Å². The molecule has 0 bridgehead atoms. The van der Waals surface area contributed by atoms with Crippen LogP contribution >= 0.6 is 0 Å². The molecule has 0 aromatic heterocycles. The van der Waals surface area contributed by atoms with E-state index >= 15 is 0 Å². The lowest BCUT2D eigenvalue weighted by Gasteiger charge is -2.56. The molecule has 1 nitrogen and oxygen atoms in total. The van der Waals surface area contributed by atoms with Gasteiger partial charge in [0.25, 0.3) is 0 Å². The number of hydrogen-bond donors (Lipinski definition) is 0. The lowest BCUT2D eigenvalue weighted by molar-refractivity contribution is 0.0564. The molecule has 12 heavy (non-hydrogen) atoms. The predicted molar refractivity (Wildman–Crippen MR) is 55.0 cm³/mol. The molecule has 0 aromatic rings. The summed E-state index contributed by atoms with van der Waals surface area (Å²) in [5.74, 6) is 7.31. The van der Waals surface area contributed by atoms with Crippen LogP contribution in [0.1, 0.15) is 26.7 Å². The molecule has 0 unspecified atom stereocenters. The van der Waals surface area contributed by atoms with Crippen molar-refractivity contribution in [1.29, 1.82) is 0 Å². The second-order valence-corrected chi connectivity index (χ2v) is 7.68. The summed E-state index contributed by atoms with van der Waals surface area (Å²) >= 11 is 0. The van der Waals surface area contributed by atoms with Crippen molar-refractivity contribution >= 4 is 15.4 Å². The molecule has 0 N–H and O–H groups in total. The fourth-order valence-corrected chi connectivity index (χ4v) is 5.45. The molecule has 0 aromatic carbocycles. The van der Waals surface area contributed by atoms with E-state index in [1.807, 2.05) is 0 Å². The summed E-state index contributed by atoms with van der Waals surface area (Å²) in [6.07, 6.45) is 2.63. The minimum atomic E-state index is -1.60. The van der Waals surface area contributed by atoms with Gasteiger partial charge in [-0.3, -0.25) is 4.21 Å². The van der Waals surface area contributed by atoms with Crippen molar-refractivity contribution < 1.29 is 4.21 Å². The average molecular weight is 186 g/mol. The minimum absolute atomic E-state index is 0.494. The molecule has 0 radical (unpaired) electrons. The van der Waals surface area contributed by atoms with Gasteiger partial charge in [0.1, 0.15) is 0 Å². The minimum Gasteiger partial charge on any atom is -0.268 e. The Bertz CT molecular complexity index is 267. The Morgan fingerprint density at radius 1 is 1.42 bits per heavy atom. The van der Waals surface area contributed by atoms with Crippen LogP contribution in [0.3, 0.4) is 0 Å². The van der Waals surface area contributed by atoms with Crippen molar-refractivity contribution in [3.05, 3.63) is 0 Å². The largest absolute Gasteiger partial charge is 0.268 e. The van der Waals surface area contributed by atoms with Crippen LogP contribution in [0.2, 0.25) is 0 Å². The lowest BCUT2D eigenvalue weighted by Crippen LogP contribution is -2.57. The van der Waals surface area contributed by atoms with Gasteiger partial charge in [-0.15, -0.1) is 0 Å². The van der Waals surface area contributed by atoms with E-state index in [1.165, 1.54) is 12.8 Å². The van der Waals surface area contributed by atoms with E-state index in [1.54, 1.807) is 0 Å². The SMILES string of the molecule is C=S1(=O)CC2(CC(C(C)C)C2)C1. The van der Waals surface area contributed by atoms with Crippen molar-refractivity contribution in [3.63, 3.8) is 0 Å². The zero-order valence-corrected chi connectivity index (χ0v) is 8.82. The van der Waals surface area contributed by atoms with E-state index < -0.39 is 9.52 Å². The van der Waals surface area contributed by atoms with Crippen LogP contribution in [-0.4, -0.2) is 21.6 Å². The maximum absolute atomic E-state index is 11.4. The Labute approximate surface area is 75.6 Å². The maximum atomic E-state index is 11.4. The van der Waals surface area contributed by atoms with Gasteiger partial charge in [-0.2, -0.15) is 0 Å². The molecular formula is C10H18OS. The smallest absolute Gasteiger partial charge is 0.0224 e. The van der Waals surface area contributed by atoms with E-state index in [-0.39, 0.29) is 0 Å². The Kier molecular flexibility index (Phi) is 1.64. The van der Waals surface area contributed by atoms with Gasteiger partial charge in [0.15, 0.2) is 0 Å². The van der Waals surface area contributed by atoms with Gasteiger partial charge < -0.3 is 0 Å². The van der Waals surface area contributed by atoms with E-state index in [0.717, 1.165) is 23.3 Å². The van der Waals surface area contributed by atoms with Crippen LogP contribution in [0.15, 0.2) is 0 Å². The molecule has 0 atom stereocenters. The highest BCUT2D eigenvalue weighted by Gasteiger charge is 2.53. The lowest BCUT2D eigenvalue weighted by atomic mass is 9.60. The Morgan fingerprint density at radius 2 is 1.92 bits per heavy atom. The average Bonchev–Trinajstić information content (AvgIpc) is 1.75. The first-order valence-corrected chi connectivity index (χ1v) is 6.82. The second kappa shape index (κ2) is 2.28. The van der Waals surface area contributed by atoms with Gasteiger partial charge in [-0.1, -0.05) is 13.8 Å². The Morgan fingerprint density at radius 3 is 2.25 bits per heavy atom. The summed E-state index contributed by atoms with van der Waals surface area (Å²) in [5.41, 5.74) is 0.494. The molecule has 2 aliphatic rings. The zero-order valence-electron chi connectivity index (χ0n) is 8.01. The molecule has 1 spiro atoms. The molecule has 1 saturated carbocycles. The highest BCUT2D eigenvalue weighted by atomic mass is 32.2. The van der Waals surface area contributed by atoms with Crippen molar-refractivity contribution in [2.75, 3.05) is 11.5 Å². The monoisotopic (exact) mass is 186 g/mol. The third kappa shape index (κ3) is 1.20. The van der Waals surface area contributed by atoms with Gasteiger partial charge >= 0.3 is 0 Å². The molecule has 1 aliphatic heterocycles. The highest BCUT2D eigenvalue weighted by molar-refractivity contribution is 8.01. The fourth-order valence-electron chi connectivity index (χ4n) is 2.83. The van der Waals surface area contributed by atoms with Crippen molar-refractivity contribution in [2.45, 2.75) is 26.7 Å². The van der Waals surface area contributed by atoms with Gasteiger partial charge in [0, 0.05) is 11.5 Å². The summed E-state index contributed by atoms with van der Waals surface area (Å²) in [6.45, 7) is 4.58. The van der Waals surface area contributed by atoms with Crippen LogP contribution in [0, 0.1) is 17.3 Å². The zero-order chi connectivity index (χ0) is 8.98. The molecular weight excluding hydrogens is 168 g/mol. The van der Waals surface area contributed by atoms with Crippen LogP contribution in [-0.2, 0) is 9.52 Å². The molecule has 2 rings (SSSR count). The normalized spacial score (nSPS) is 52.1. The first-order chi connectivity index (χ1) is 5.43. The Hall–Kier alpha value is 0.0200. The fraction of sp³-hybridized carbons (Fsp3) is 0.900. The second-order valence-electron chi connectivity index (χ2n) is 5.17. The van der Waals surface area contributed by atoms with Gasteiger partial charge in [-0.25, -0.2) is 0 Å². The van der Waals surface area contributed by atoms with Gasteiger partial charge in [0.2, 0.25) is 0 Å². The third-order valence-corrected chi connectivity index (χ3v) is 5.75. The number of rotatable bonds is 1. The summed E-state index contributed by atoms with van der Waals surface area (Å²) in [4.78, 5) is 0. The van der Waals surface area contributed by atoms with Crippen molar-refractivity contribution in [3.8, 4) is 0 Å². The van der Waals surface area contributed by atoms with E-state index in [0.29, 0.717) is 5.41 Å². The molecule has 0 amide bonds. The van der Waals surface area contributed by atoms with Crippen LogP contribution in [0.4, 0.5) is 0 Å². The summed E-state index contributed by atoms with van der Waals surface area (Å²) in [6, 6.07) is 0. The van der Waals surface area contributed by atoms with Crippen LogP contribution in [0.25, 0.3) is 0 Å². The highest BCUT2D eigenvalue weighted by Crippen LogP contribution is 2.55. The quantitative estimate of drug-likeness (QED) is 0.570. The molecule has 2 heteroatoms. The van der Waals surface area contributed by atoms with Gasteiger partial charge in [0.05, 0.1) is 0 Å². The molecule has 1 saturated heterocycles. The van der Waals surface area contributed by atoms with E-state index in [9.17, 15) is 4.21 Å². The third-order valence-electron chi connectivity index (χ3n) is 3.47. The van der Waals surface area contributed by atoms with Crippen LogP contribution in [0.5, 0.6) is 0 Å². The first-order valence-electron chi connectivity index (χ1n) is 4.75. The number of hydrogen-bond acceptors (Lipinski definition) is 1. The maximum Gasteiger partial charge on any atom is 0.0224 e. The molecule has 1 aliphatic carbocycles. The summed E-state index contributed by atoms with van der Waals surface area (Å²) in [7, 11) is -1.60.